The van der Waals surface area contributed by atoms with E-state index in [1.807, 2.05) is 47.0 Å². The van der Waals surface area contributed by atoms with Crippen LogP contribution in [0.2, 0.25) is 0 Å². The molecular weight excluding hydrogens is 472 g/mol. The second-order valence-corrected chi connectivity index (χ2v) is 9.74. The minimum absolute atomic E-state index is 0.0764. The maximum absolute atomic E-state index is 13.4. The SMILES string of the molecule is COc1cccc(OC)c1C(=O)Nc1cccc(SCC(=O)n2c3c(c4ccccc42)CCCC3)c1. The second-order valence-electron chi connectivity index (χ2n) is 8.69. The monoisotopic (exact) mass is 500 g/mol. The Bertz CT molecular complexity index is 1420. The molecule has 0 saturated heterocycles. The first-order chi connectivity index (χ1) is 17.6. The summed E-state index contributed by atoms with van der Waals surface area (Å²) in [5.41, 5.74) is 4.46. The Morgan fingerprint density at radius 2 is 1.64 bits per heavy atom. The molecule has 1 N–H and O–H groups in total. The van der Waals surface area contributed by atoms with E-state index in [2.05, 4.69) is 11.4 Å². The minimum Gasteiger partial charge on any atom is -0.496 e. The lowest BCUT2D eigenvalue weighted by molar-refractivity contribution is 0.0942. The number of carbonyl (C=O) groups excluding carboxylic acids is 2. The van der Waals surface area contributed by atoms with Crippen LogP contribution < -0.4 is 14.8 Å². The first kappa shape index (κ1) is 24.0. The van der Waals surface area contributed by atoms with E-state index in [-0.39, 0.29) is 11.8 Å². The van der Waals surface area contributed by atoms with Gasteiger partial charge >= 0.3 is 0 Å². The van der Waals surface area contributed by atoms with E-state index in [0.29, 0.717) is 28.5 Å². The van der Waals surface area contributed by atoms with Gasteiger partial charge in [-0.3, -0.25) is 14.2 Å². The first-order valence-electron chi connectivity index (χ1n) is 12.0. The number of para-hydroxylation sites is 1. The largest absolute Gasteiger partial charge is 0.496 e. The summed E-state index contributed by atoms with van der Waals surface area (Å²) in [7, 11) is 3.04. The van der Waals surface area contributed by atoms with Crippen LogP contribution in [0.4, 0.5) is 5.69 Å². The van der Waals surface area contributed by atoms with Gasteiger partial charge in [0.1, 0.15) is 17.1 Å². The number of aryl methyl sites for hydroxylation is 1. The zero-order valence-corrected chi connectivity index (χ0v) is 21.2. The summed E-state index contributed by atoms with van der Waals surface area (Å²) in [4.78, 5) is 27.3. The van der Waals surface area contributed by atoms with E-state index in [4.69, 9.17) is 9.47 Å². The number of benzene rings is 3. The van der Waals surface area contributed by atoms with Gasteiger partial charge in [0, 0.05) is 21.7 Å². The van der Waals surface area contributed by atoms with E-state index in [9.17, 15) is 9.59 Å². The van der Waals surface area contributed by atoms with Crippen LogP contribution in [0.3, 0.4) is 0 Å². The van der Waals surface area contributed by atoms with Gasteiger partial charge in [-0.15, -0.1) is 11.8 Å². The summed E-state index contributed by atoms with van der Waals surface area (Å²) in [6, 6.07) is 20.9. The number of nitrogens with one attached hydrogen (secondary N) is 1. The molecule has 1 heterocycles. The topological polar surface area (TPSA) is 69.6 Å². The summed E-state index contributed by atoms with van der Waals surface area (Å²) >= 11 is 1.47. The van der Waals surface area contributed by atoms with Gasteiger partial charge in [-0.05, 0) is 67.6 Å². The summed E-state index contributed by atoms with van der Waals surface area (Å²) in [6.07, 6.45) is 4.25. The summed E-state index contributed by atoms with van der Waals surface area (Å²) in [5.74, 6) is 0.930. The number of anilines is 1. The maximum atomic E-state index is 13.4. The molecule has 0 saturated carbocycles. The lowest BCUT2D eigenvalue weighted by Gasteiger charge is -2.15. The third-order valence-corrected chi connectivity index (χ3v) is 7.52. The first-order valence-corrected chi connectivity index (χ1v) is 13.0. The third kappa shape index (κ3) is 4.58. The average Bonchev–Trinajstić information content (AvgIpc) is 3.26. The molecule has 0 fully saturated rings. The van der Waals surface area contributed by atoms with Crippen molar-refractivity contribution in [1.29, 1.82) is 0 Å². The third-order valence-electron chi connectivity index (χ3n) is 6.54. The molecule has 1 aromatic heterocycles. The Hall–Kier alpha value is -3.71. The van der Waals surface area contributed by atoms with Crippen LogP contribution in [0, 0.1) is 0 Å². The Morgan fingerprint density at radius 1 is 0.917 bits per heavy atom. The molecule has 0 spiro atoms. The molecule has 1 aliphatic carbocycles. The van der Waals surface area contributed by atoms with Crippen molar-refractivity contribution in [1.82, 2.24) is 4.57 Å². The quantitative estimate of drug-likeness (QED) is 0.305. The molecule has 1 amide bonds. The Labute approximate surface area is 214 Å². The van der Waals surface area contributed by atoms with Crippen molar-refractivity contribution in [3.05, 3.63) is 83.6 Å². The number of hydrogen-bond acceptors (Lipinski definition) is 5. The maximum Gasteiger partial charge on any atom is 0.263 e. The molecule has 184 valence electrons. The number of fused-ring (bicyclic) bond motifs is 3. The van der Waals surface area contributed by atoms with Gasteiger partial charge in [0.05, 0.1) is 25.5 Å². The number of carbonyl (C=O) groups is 2. The molecule has 3 aromatic carbocycles. The predicted octanol–water partition coefficient (Wildman–Crippen LogP) is 6.22. The standard InChI is InChI=1S/C29H28N2O4S/c1-34-25-15-8-16-26(35-2)28(25)29(33)30-19-9-7-10-20(17-19)36-18-27(32)31-23-13-5-3-11-21(23)22-12-4-6-14-24(22)31/h3,5,7-11,13,15-17H,4,6,12,14,18H2,1-2H3,(H,30,33). The van der Waals surface area contributed by atoms with Crippen LogP contribution in [0.5, 0.6) is 11.5 Å². The number of methoxy groups -OCH3 is 2. The molecule has 0 unspecified atom stereocenters. The van der Waals surface area contributed by atoms with Gasteiger partial charge in [0.2, 0.25) is 5.91 Å². The normalized spacial score (nSPS) is 12.7. The molecule has 0 bridgehead atoms. The Kier molecular flexibility index (Phi) is 7.00. The minimum atomic E-state index is -0.326. The number of rotatable bonds is 7. The fourth-order valence-electron chi connectivity index (χ4n) is 4.92. The van der Waals surface area contributed by atoms with Gasteiger partial charge in [-0.2, -0.15) is 0 Å². The lowest BCUT2D eigenvalue weighted by atomic mass is 9.96. The van der Waals surface area contributed by atoms with Crippen molar-refractivity contribution in [2.45, 2.75) is 30.6 Å². The van der Waals surface area contributed by atoms with Crippen molar-refractivity contribution in [3.8, 4) is 11.5 Å². The average molecular weight is 501 g/mol. The summed E-state index contributed by atoms with van der Waals surface area (Å²) in [6.45, 7) is 0. The van der Waals surface area contributed by atoms with Crippen LogP contribution in [-0.4, -0.2) is 36.4 Å². The van der Waals surface area contributed by atoms with E-state index in [1.165, 1.54) is 49.0 Å². The van der Waals surface area contributed by atoms with Crippen LogP contribution in [0.1, 0.15) is 39.3 Å². The number of thioether (sulfide) groups is 1. The number of hydrogen-bond donors (Lipinski definition) is 1. The zero-order chi connectivity index (χ0) is 25.1. The summed E-state index contributed by atoms with van der Waals surface area (Å²) < 4.78 is 12.6. The van der Waals surface area contributed by atoms with Crippen LogP contribution in [0.25, 0.3) is 10.9 Å². The summed E-state index contributed by atoms with van der Waals surface area (Å²) in [5, 5.41) is 4.12. The fraction of sp³-hybridized carbons (Fsp3) is 0.241. The van der Waals surface area contributed by atoms with Crippen molar-refractivity contribution in [2.75, 3.05) is 25.3 Å². The Balaban J connectivity index is 1.33. The molecule has 36 heavy (non-hydrogen) atoms. The number of nitrogens with zero attached hydrogens (tertiary/aromatic N) is 1. The smallest absolute Gasteiger partial charge is 0.263 e. The highest BCUT2D eigenvalue weighted by Crippen LogP contribution is 2.33. The predicted molar refractivity (Wildman–Crippen MR) is 144 cm³/mol. The van der Waals surface area contributed by atoms with E-state index < -0.39 is 0 Å². The van der Waals surface area contributed by atoms with Crippen molar-refractivity contribution in [3.63, 3.8) is 0 Å². The molecule has 5 rings (SSSR count). The van der Waals surface area contributed by atoms with Crippen molar-refractivity contribution in [2.24, 2.45) is 0 Å². The van der Waals surface area contributed by atoms with E-state index >= 15 is 0 Å². The van der Waals surface area contributed by atoms with Crippen LogP contribution in [0.15, 0.2) is 71.6 Å². The van der Waals surface area contributed by atoms with Crippen LogP contribution in [-0.2, 0) is 12.8 Å². The van der Waals surface area contributed by atoms with Gasteiger partial charge in [-0.1, -0.05) is 30.3 Å². The van der Waals surface area contributed by atoms with Crippen molar-refractivity contribution >= 4 is 40.2 Å². The van der Waals surface area contributed by atoms with Gasteiger partial charge in [0.25, 0.3) is 5.91 Å². The van der Waals surface area contributed by atoms with E-state index in [1.54, 1.807) is 18.2 Å². The van der Waals surface area contributed by atoms with Gasteiger partial charge in [0.15, 0.2) is 0 Å². The van der Waals surface area contributed by atoms with E-state index in [0.717, 1.165) is 29.7 Å². The molecule has 4 aromatic rings. The fourth-order valence-corrected chi connectivity index (χ4v) is 5.73. The molecule has 0 aliphatic heterocycles. The number of ether oxygens (including phenoxy) is 2. The highest BCUT2D eigenvalue weighted by atomic mass is 32.2. The molecular formula is C29H28N2O4S. The van der Waals surface area contributed by atoms with Gasteiger partial charge in [-0.25, -0.2) is 0 Å². The Morgan fingerprint density at radius 3 is 2.42 bits per heavy atom. The van der Waals surface area contributed by atoms with Gasteiger partial charge < -0.3 is 14.8 Å². The highest BCUT2D eigenvalue weighted by molar-refractivity contribution is 8.00. The molecule has 1 aliphatic rings. The molecule has 0 atom stereocenters. The zero-order valence-electron chi connectivity index (χ0n) is 20.4. The van der Waals surface area contributed by atoms with Crippen molar-refractivity contribution < 1.29 is 19.1 Å². The lowest BCUT2D eigenvalue weighted by Crippen LogP contribution is -2.18. The number of aromatic nitrogens is 1. The molecule has 7 heteroatoms. The highest BCUT2D eigenvalue weighted by Gasteiger charge is 2.23. The van der Waals surface area contributed by atoms with Crippen LogP contribution >= 0.6 is 11.8 Å². The second kappa shape index (κ2) is 10.5. The molecule has 0 radical (unpaired) electrons. The molecule has 6 nitrogen and oxygen atoms in total. The number of amides is 1.